The Balaban J connectivity index is 1.63. The summed E-state index contributed by atoms with van der Waals surface area (Å²) in [5.74, 6) is 0.214. The summed E-state index contributed by atoms with van der Waals surface area (Å²) in [6.45, 7) is 2.60. The van der Waals surface area contributed by atoms with Crippen molar-refractivity contribution in [2.24, 2.45) is 5.92 Å². The number of rotatable bonds is 3. The minimum Gasteiger partial charge on any atom is -0.462 e. The third-order valence-corrected chi connectivity index (χ3v) is 3.59. The molecule has 1 saturated heterocycles. The molecule has 0 saturated carbocycles. The molecule has 0 bridgehead atoms. The van der Waals surface area contributed by atoms with Crippen LogP contribution < -0.4 is 0 Å². The van der Waals surface area contributed by atoms with Crippen molar-refractivity contribution < 1.29 is 9.53 Å². The van der Waals surface area contributed by atoms with Gasteiger partial charge in [0.15, 0.2) is 0 Å². The zero-order valence-electron chi connectivity index (χ0n) is 11.0. The molecule has 5 heteroatoms. The molecule has 0 radical (unpaired) electrons. The number of hydrogen-bond acceptors (Lipinski definition) is 4. The van der Waals surface area contributed by atoms with E-state index >= 15 is 0 Å². The lowest BCUT2D eigenvalue weighted by molar-refractivity contribution is 0.0445. The average Bonchev–Trinajstić information content (AvgIpc) is 3.03. The lowest BCUT2D eigenvalue weighted by Gasteiger charge is -2.11. The van der Waals surface area contributed by atoms with Crippen LogP contribution in [-0.4, -0.2) is 47.0 Å². The number of aromatic nitrogens is 2. The van der Waals surface area contributed by atoms with E-state index in [1.807, 2.05) is 10.6 Å². The predicted molar refractivity (Wildman–Crippen MR) is 71.1 cm³/mol. The molecule has 1 aliphatic rings. The lowest BCUT2D eigenvalue weighted by Crippen LogP contribution is -2.18. The molecule has 0 amide bonds. The molecule has 19 heavy (non-hydrogen) atoms. The largest absolute Gasteiger partial charge is 0.462 e. The third kappa shape index (κ3) is 2.61. The third-order valence-electron chi connectivity index (χ3n) is 3.59. The zero-order valence-corrected chi connectivity index (χ0v) is 11.0. The number of carbonyl (C=O) groups is 1. The molecule has 1 unspecified atom stereocenters. The van der Waals surface area contributed by atoms with Gasteiger partial charge < -0.3 is 14.0 Å². The fourth-order valence-corrected chi connectivity index (χ4v) is 2.49. The number of pyridine rings is 1. The van der Waals surface area contributed by atoms with E-state index in [9.17, 15) is 4.79 Å². The van der Waals surface area contributed by atoms with E-state index in [0.29, 0.717) is 18.1 Å². The Kier molecular flexibility index (Phi) is 3.21. The Morgan fingerprint density at radius 1 is 1.58 bits per heavy atom. The van der Waals surface area contributed by atoms with E-state index in [1.165, 1.54) is 0 Å². The van der Waals surface area contributed by atoms with E-state index < -0.39 is 0 Å². The number of hydrogen-bond donors (Lipinski definition) is 0. The zero-order chi connectivity index (χ0) is 13.2. The number of ether oxygens (including phenoxy) is 1. The van der Waals surface area contributed by atoms with E-state index in [0.717, 1.165) is 25.0 Å². The smallest absolute Gasteiger partial charge is 0.338 e. The first kappa shape index (κ1) is 12.2. The number of carbonyl (C=O) groups excluding carboxylic acids is 1. The molecule has 2 aromatic rings. The van der Waals surface area contributed by atoms with Crippen molar-refractivity contribution in [1.29, 1.82) is 0 Å². The second-order valence-corrected chi connectivity index (χ2v) is 5.16. The van der Waals surface area contributed by atoms with Gasteiger partial charge in [-0.05, 0) is 32.1 Å². The maximum atomic E-state index is 12.0. The molecule has 1 aliphatic heterocycles. The van der Waals surface area contributed by atoms with E-state index in [4.69, 9.17) is 4.74 Å². The molecule has 5 nitrogen and oxygen atoms in total. The summed E-state index contributed by atoms with van der Waals surface area (Å²) in [5, 5.41) is 0. The summed E-state index contributed by atoms with van der Waals surface area (Å²) in [6, 6.07) is 3.56. The van der Waals surface area contributed by atoms with Crippen LogP contribution in [0.4, 0.5) is 0 Å². The van der Waals surface area contributed by atoms with Crippen molar-refractivity contribution in [1.82, 2.24) is 14.3 Å². The van der Waals surface area contributed by atoms with Crippen LogP contribution in [0.1, 0.15) is 16.8 Å². The molecule has 0 spiro atoms. The van der Waals surface area contributed by atoms with Crippen molar-refractivity contribution in [3.05, 3.63) is 36.4 Å². The van der Waals surface area contributed by atoms with Gasteiger partial charge in [0.05, 0.1) is 30.2 Å². The van der Waals surface area contributed by atoms with Crippen molar-refractivity contribution >= 4 is 11.5 Å². The molecule has 0 N–H and O–H groups in total. The minimum absolute atomic E-state index is 0.252. The second kappa shape index (κ2) is 5.01. The highest BCUT2D eigenvalue weighted by Crippen LogP contribution is 2.15. The number of esters is 1. The standard InChI is InChI=1S/C14H17N3O2/c1-16-4-2-11(8-16)9-19-14(18)12-3-5-17-10-15-7-13(17)6-12/h3,5-7,10-11H,2,4,8-9H2,1H3. The van der Waals surface area contributed by atoms with Crippen LogP contribution >= 0.6 is 0 Å². The number of fused-ring (bicyclic) bond motifs is 1. The number of likely N-dealkylation sites (tertiary alicyclic amines) is 1. The van der Waals surface area contributed by atoms with Crippen LogP contribution in [0.15, 0.2) is 30.9 Å². The monoisotopic (exact) mass is 259 g/mol. The van der Waals surface area contributed by atoms with E-state index in [1.54, 1.807) is 24.7 Å². The summed E-state index contributed by atoms with van der Waals surface area (Å²) >= 11 is 0. The van der Waals surface area contributed by atoms with Crippen molar-refractivity contribution in [2.75, 3.05) is 26.7 Å². The fraction of sp³-hybridized carbons (Fsp3) is 0.429. The van der Waals surface area contributed by atoms with Gasteiger partial charge in [0, 0.05) is 18.7 Å². The molecule has 1 atom stereocenters. The molecule has 2 aromatic heterocycles. The van der Waals surface area contributed by atoms with Crippen LogP contribution in [0.3, 0.4) is 0 Å². The van der Waals surface area contributed by atoms with Crippen LogP contribution in [0.2, 0.25) is 0 Å². The number of imidazole rings is 1. The van der Waals surface area contributed by atoms with Gasteiger partial charge >= 0.3 is 5.97 Å². The fourth-order valence-electron chi connectivity index (χ4n) is 2.49. The highest BCUT2D eigenvalue weighted by molar-refractivity contribution is 5.90. The van der Waals surface area contributed by atoms with Crippen LogP contribution in [0.25, 0.3) is 5.52 Å². The Morgan fingerprint density at radius 2 is 2.47 bits per heavy atom. The molecule has 0 aromatic carbocycles. The van der Waals surface area contributed by atoms with Gasteiger partial charge in [0.25, 0.3) is 0 Å². The van der Waals surface area contributed by atoms with Crippen molar-refractivity contribution in [2.45, 2.75) is 6.42 Å². The van der Waals surface area contributed by atoms with Gasteiger partial charge in [-0.3, -0.25) is 0 Å². The first-order valence-corrected chi connectivity index (χ1v) is 6.50. The maximum Gasteiger partial charge on any atom is 0.338 e. The molecule has 100 valence electrons. The summed E-state index contributed by atoms with van der Waals surface area (Å²) < 4.78 is 7.25. The van der Waals surface area contributed by atoms with Gasteiger partial charge in [0.1, 0.15) is 0 Å². The SMILES string of the molecule is CN1CCC(COC(=O)c2ccn3cncc3c2)C1. The lowest BCUT2D eigenvalue weighted by atomic mass is 10.1. The Morgan fingerprint density at radius 3 is 3.26 bits per heavy atom. The topological polar surface area (TPSA) is 46.8 Å². The second-order valence-electron chi connectivity index (χ2n) is 5.16. The molecule has 1 fully saturated rings. The number of nitrogens with zero attached hydrogens (tertiary/aromatic N) is 3. The molecule has 3 rings (SSSR count). The van der Waals surface area contributed by atoms with E-state index in [-0.39, 0.29) is 5.97 Å². The molecular formula is C14H17N3O2. The Hall–Kier alpha value is -1.88. The average molecular weight is 259 g/mol. The van der Waals surface area contributed by atoms with Gasteiger partial charge in [-0.1, -0.05) is 0 Å². The highest BCUT2D eigenvalue weighted by Gasteiger charge is 2.21. The van der Waals surface area contributed by atoms with Crippen LogP contribution in [0.5, 0.6) is 0 Å². The van der Waals surface area contributed by atoms with Crippen molar-refractivity contribution in [3.63, 3.8) is 0 Å². The summed E-state index contributed by atoms with van der Waals surface area (Å²) in [6.07, 6.45) is 6.36. The first-order chi connectivity index (χ1) is 9.22. The summed E-state index contributed by atoms with van der Waals surface area (Å²) in [4.78, 5) is 18.3. The highest BCUT2D eigenvalue weighted by atomic mass is 16.5. The molecule has 3 heterocycles. The summed E-state index contributed by atoms with van der Waals surface area (Å²) in [5.41, 5.74) is 1.48. The minimum atomic E-state index is -0.252. The van der Waals surface area contributed by atoms with Gasteiger partial charge in [-0.25, -0.2) is 9.78 Å². The van der Waals surface area contributed by atoms with Gasteiger partial charge in [-0.2, -0.15) is 0 Å². The van der Waals surface area contributed by atoms with Crippen LogP contribution in [0, 0.1) is 5.92 Å². The molecule has 0 aliphatic carbocycles. The van der Waals surface area contributed by atoms with Crippen molar-refractivity contribution in [3.8, 4) is 0 Å². The van der Waals surface area contributed by atoms with Gasteiger partial charge in [0.2, 0.25) is 0 Å². The quantitative estimate of drug-likeness (QED) is 0.783. The van der Waals surface area contributed by atoms with E-state index in [2.05, 4.69) is 16.9 Å². The predicted octanol–water partition coefficient (Wildman–Crippen LogP) is 1.44. The van der Waals surface area contributed by atoms with Crippen LogP contribution in [-0.2, 0) is 4.74 Å². The maximum absolute atomic E-state index is 12.0. The molecular weight excluding hydrogens is 242 g/mol. The van der Waals surface area contributed by atoms with Gasteiger partial charge in [-0.15, -0.1) is 0 Å². The first-order valence-electron chi connectivity index (χ1n) is 6.50. The normalized spacial score (nSPS) is 19.9. The summed E-state index contributed by atoms with van der Waals surface area (Å²) in [7, 11) is 2.09. The Labute approximate surface area is 111 Å². The Bertz CT molecular complexity index is 593.